The number of allylic oxidation sites excluding steroid dienone is 1. The third-order valence-electron chi connectivity index (χ3n) is 10.1. The number of rotatable bonds is 6. The Hall–Kier alpha value is -4.93. The average molecular weight is 697 g/mol. The fourth-order valence-corrected chi connectivity index (χ4v) is 7.43. The van der Waals surface area contributed by atoms with Crippen LogP contribution in [0.25, 0.3) is 22.2 Å². The maximum absolute atomic E-state index is 14.5. The second-order valence-corrected chi connectivity index (χ2v) is 15.1. The molecule has 1 saturated carbocycles. The highest BCUT2D eigenvalue weighted by Gasteiger charge is 2.61. The first-order valence-corrected chi connectivity index (χ1v) is 17.9. The van der Waals surface area contributed by atoms with Crippen molar-refractivity contribution in [1.82, 2.24) is 20.5 Å². The molecule has 270 valence electrons. The van der Waals surface area contributed by atoms with Gasteiger partial charge in [0.25, 0.3) is 0 Å². The third kappa shape index (κ3) is 8.18. The second-order valence-electron chi connectivity index (χ2n) is 15.1. The molecule has 2 aromatic carbocycles. The first kappa shape index (κ1) is 35.9. The summed E-state index contributed by atoms with van der Waals surface area (Å²) in [5.41, 5.74) is 1.37. The van der Waals surface area contributed by atoms with Gasteiger partial charge >= 0.3 is 12.1 Å². The summed E-state index contributed by atoms with van der Waals surface area (Å²) in [6, 6.07) is 15.9. The molecular weight excluding hydrogens is 648 g/mol. The van der Waals surface area contributed by atoms with Crippen molar-refractivity contribution in [2.75, 3.05) is 13.7 Å². The van der Waals surface area contributed by atoms with E-state index in [4.69, 9.17) is 14.5 Å². The van der Waals surface area contributed by atoms with Crippen LogP contribution in [-0.2, 0) is 25.5 Å². The molecule has 11 heteroatoms. The van der Waals surface area contributed by atoms with E-state index >= 15 is 0 Å². The highest BCUT2D eigenvalue weighted by Crippen LogP contribution is 2.45. The Labute approximate surface area is 298 Å². The molecule has 2 aliphatic heterocycles. The number of nitrogens with zero attached hydrogens (tertiary/aromatic N) is 2. The lowest BCUT2D eigenvalue weighted by Crippen LogP contribution is -2.56. The molecule has 5 atom stereocenters. The van der Waals surface area contributed by atoms with E-state index in [2.05, 4.69) is 16.7 Å². The standard InChI is InChI=1S/C40H48N4O7/c1-39(2,3)51-38(49)42-31-16-12-7-5-6-11-15-28-23-40(28,37(47)48)43-35(45)34-20-25(24-44(34)36(31)46)19-27-21-32(26-13-9-8-10-14-26)41-33-22-29(50-4)17-18-30(27)33/h8-11,13-15,17-18,21-22,25,28,31,34H,5-7,12,16,19-20,23-24H2,1-4H3,(H,42,49)(H,43,45)(H,47,48)/b15-11-. The Kier molecular flexibility index (Phi) is 10.4. The number of carbonyl (C=O) groups is 4. The number of benzene rings is 2. The van der Waals surface area contributed by atoms with Crippen LogP contribution in [0.3, 0.4) is 0 Å². The third-order valence-corrected chi connectivity index (χ3v) is 10.1. The number of carboxylic acid groups (broad SMARTS) is 1. The number of aliphatic carboxylic acids is 1. The van der Waals surface area contributed by atoms with Crippen LogP contribution in [0, 0.1) is 11.8 Å². The quantitative estimate of drug-likeness (QED) is 0.264. The van der Waals surface area contributed by atoms with Gasteiger partial charge in [0.1, 0.15) is 29.0 Å². The normalized spacial score (nSPS) is 26.2. The Morgan fingerprint density at radius 1 is 1.08 bits per heavy atom. The summed E-state index contributed by atoms with van der Waals surface area (Å²) < 4.78 is 11.0. The summed E-state index contributed by atoms with van der Waals surface area (Å²) in [4.78, 5) is 60.6. The molecule has 51 heavy (non-hydrogen) atoms. The van der Waals surface area contributed by atoms with Gasteiger partial charge in [-0.05, 0) is 89.0 Å². The molecule has 0 bridgehead atoms. The number of aromatic nitrogens is 1. The number of pyridine rings is 1. The Morgan fingerprint density at radius 3 is 2.59 bits per heavy atom. The number of methoxy groups -OCH3 is 1. The smallest absolute Gasteiger partial charge is 0.408 e. The van der Waals surface area contributed by atoms with Crippen LogP contribution in [-0.4, -0.2) is 75.7 Å². The van der Waals surface area contributed by atoms with E-state index in [0.29, 0.717) is 37.9 Å². The predicted octanol–water partition coefficient (Wildman–Crippen LogP) is 6.04. The maximum atomic E-state index is 14.5. The number of hydrogen-bond donors (Lipinski definition) is 3. The van der Waals surface area contributed by atoms with Gasteiger partial charge in [-0.25, -0.2) is 14.6 Å². The van der Waals surface area contributed by atoms with E-state index in [9.17, 15) is 24.3 Å². The first-order valence-electron chi connectivity index (χ1n) is 17.9. The van der Waals surface area contributed by atoms with E-state index < -0.39 is 41.2 Å². The van der Waals surface area contributed by atoms with Crippen LogP contribution < -0.4 is 15.4 Å². The summed E-state index contributed by atoms with van der Waals surface area (Å²) in [6.07, 6.45) is 7.86. The van der Waals surface area contributed by atoms with Gasteiger partial charge < -0.3 is 30.1 Å². The van der Waals surface area contributed by atoms with Crippen molar-refractivity contribution in [3.8, 4) is 17.0 Å². The molecular formula is C40H48N4O7. The molecule has 6 rings (SSSR count). The van der Waals surface area contributed by atoms with Gasteiger partial charge in [0, 0.05) is 29.5 Å². The van der Waals surface area contributed by atoms with Crippen molar-refractivity contribution >= 4 is 34.8 Å². The maximum Gasteiger partial charge on any atom is 0.408 e. The van der Waals surface area contributed by atoms with Gasteiger partial charge in [-0.3, -0.25) is 9.59 Å². The number of hydrogen-bond acceptors (Lipinski definition) is 7. The SMILES string of the molecule is COc1ccc2c(CC3CC4C(=O)NC5(C(=O)O)CC5/C=C\CCCCCC(NC(=O)OC(C)(C)C)C(=O)N4C3)cc(-c3ccccc3)nc2c1. The molecule has 2 fully saturated rings. The van der Waals surface area contributed by atoms with E-state index in [-0.39, 0.29) is 24.3 Å². The first-order chi connectivity index (χ1) is 24.4. The average Bonchev–Trinajstić information content (AvgIpc) is 3.63. The van der Waals surface area contributed by atoms with Crippen molar-refractivity contribution < 1.29 is 33.8 Å². The highest BCUT2D eigenvalue weighted by molar-refractivity contribution is 5.96. The molecule has 1 saturated heterocycles. The van der Waals surface area contributed by atoms with E-state index in [1.807, 2.05) is 60.7 Å². The molecule has 3 amide bonds. The number of carbonyl (C=O) groups excluding carboxylic acids is 3. The molecule has 3 N–H and O–H groups in total. The van der Waals surface area contributed by atoms with Crippen molar-refractivity contribution in [3.05, 3.63) is 72.3 Å². The fourth-order valence-electron chi connectivity index (χ4n) is 7.43. The Morgan fingerprint density at radius 2 is 1.86 bits per heavy atom. The van der Waals surface area contributed by atoms with Crippen LogP contribution in [0.15, 0.2) is 66.7 Å². The second kappa shape index (κ2) is 14.7. The van der Waals surface area contributed by atoms with Gasteiger partial charge in [0.05, 0.1) is 18.3 Å². The van der Waals surface area contributed by atoms with Crippen molar-refractivity contribution in [1.29, 1.82) is 0 Å². The Bertz CT molecular complexity index is 1820. The van der Waals surface area contributed by atoms with Crippen LogP contribution in [0.2, 0.25) is 0 Å². The van der Waals surface area contributed by atoms with E-state index in [1.165, 1.54) is 0 Å². The fraction of sp³-hybridized carbons (Fsp3) is 0.475. The lowest BCUT2D eigenvalue weighted by molar-refractivity contribution is -0.145. The van der Waals surface area contributed by atoms with Crippen molar-refractivity contribution in [3.63, 3.8) is 0 Å². The molecule has 0 spiro atoms. The summed E-state index contributed by atoms with van der Waals surface area (Å²) in [6.45, 7) is 5.54. The van der Waals surface area contributed by atoms with Crippen molar-refractivity contribution in [2.45, 2.75) is 95.4 Å². The number of alkyl carbamates (subject to hydrolysis) is 1. The summed E-state index contributed by atoms with van der Waals surface area (Å²) in [7, 11) is 1.62. The molecule has 11 nitrogen and oxygen atoms in total. The number of fused-ring (bicyclic) bond motifs is 3. The highest BCUT2D eigenvalue weighted by atomic mass is 16.6. The van der Waals surface area contributed by atoms with Crippen LogP contribution in [0.1, 0.15) is 71.3 Å². The minimum Gasteiger partial charge on any atom is -0.497 e. The number of ether oxygens (including phenoxy) is 2. The van der Waals surface area contributed by atoms with Crippen LogP contribution in [0.5, 0.6) is 5.75 Å². The van der Waals surface area contributed by atoms with Gasteiger partial charge in [0.2, 0.25) is 11.8 Å². The van der Waals surface area contributed by atoms with Gasteiger partial charge in [-0.15, -0.1) is 0 Å². The van der Waals surface area contributed by atoms with Gasteiger partial charge in [-0.2, -0.15) is 0 Å². The largest absolute Gasteiger partial charge is 0.497 e. The Balaban J connectivity index is 1.34. The summed E-state index contributed by atoms with van der Waals surface area (Å²) in [5.74, 6) is -1.73. The number of carboxylic acids is 1. The molecule has 1 aliphatic carbocycles. The zero-order valence-electron chi connectivity index (χ0n) is 29.8. The molecule has 1 aromatic heterocycles. The number of nitrogens with one attached hydrogen (secondary N) is 2. The minimum atomic E-state index is -1.40. The minimum absolute atomic E-state index is 0.141. The van der Waals surface area contributed by atoms with Crippen molar-refractivity contribution in [2.24, 2.45) is 11.8 Å². The number of amides is 3. The van der Waals surface area contributed by atoms with Gasteiger partial charge in [-0.1, -0.05) is 55.3 Å². The van der Waals surface area contributed by atoms with Gasteiger partial charge in [0.15, 0.2) is 0 Å². The molecule has 3 aromatic rings. The van der Waals surface area contributed by atoms with E-state index in [1.54, 1.807) is 32.8 Å². The molecule has 0 radical (unpaired) electrons. The van der Waals surface area contributed by atoms with Crippen LogP contribution in [0.4, 0.5) is 4.79 Å². The molecule has 3 heterocycles. The summed E-state index contributed by atoms with van der Waals surface area (Å²) in [5, 5.41) is 16.8. The lowest BCUT2D eigenvalue weighted by atomic mass is 9.93. The zero-order chi connectivity index (χ0) is 36.3. The lowest BCUT2D eigenvalue weighted by Gasteiger charge is -2.30. The van der Waals surface area contributed by atoms with Crippen LogP contribution >= 0.6 is 0 Å². The zero-order valence-corrected chi connectivity index (χ0v) is 29.8. The molecule has 3 aliphatic rings. The predicted molar refractivity (Wildman–Crippen MR) is 193 cm³/mol. The monoisotopic (exact) mass is 696 g/mol. The van der Waals surface area contributed by atoms with E-state index in [0.717, 1.165) is 47.0 Å². The topological polar surface area (TPSA) is 147 Å². The molecule has 5 unspecified atom stereocenters. The summed E-state index contributed by atoms with van der Waals surface area (Å²) >= 11 is 0.